The number of amides is 1. The molecule has 8 nitrogen and oxygen atoms in total. The second kappa shape index (κ2) is 9.97. The van der Waals surface area contributed by atoms with Crippen LogP contribution < -0.4 is 14.2 Å². The van der Waals surface area contributed by atoms with Crippen molar-refractivity contribution < 1.29 is 28.9 Å². The Morgan fingerprint density at radius 2 is 1.71 bits per heavy atom. The fourth-order valence-electron chi connectivity index (χ4n) is 3.62. The van der Waals surface area contributed by atoms with E-state index in [0.29, 0.717) is 23.7 Å². The van der Waals surface area contributed by atoms with Crippen LogP contribution in [0.2, 0.25) is 0 Å². The number of para-hydroxylation sites is 1. The number of hydrazone groups is 1. The topological polar surface area (TPSA) is 97.7 Å². The number of hydrogen-bond donors (Lipinski definition) is 1. The molecule has 164 valence electrons. The van der Waals surface area contributed by atoms with Gasteiger partial charge in [0.15, 0.2) is 11.5 Å². The molecule has 8 heteroatoms. The van der Waals surface area contributed by atoms with Crippen molar-refractivity contribution in [1.82, 2.24) is 5.01 Å². The summed E-state index contributed by atoms with van der Waals surface area (Å²) in [6.45, 7) is 0. The number of ether oxygens (including phenoxy) is 3. The highest BCUT2D eigenvalue weighted by atomic mass is 16.5. The zero-order valence-corrected chi connectivity index (χ0v) is 17.8. The summed E-state index contributed by atoms with van der Waals surface area (Å²) in [6.07, 6.45) is 0.775. The van der Waals surface area contributed by atoms with Crippen molar-refractivity contribution in [3.05, 3.63) is 53.6 Å². The standard InChI is InChI=1S/C23H26N2O6/c1-29-19-8-5-4-7-16(19)18-14-17(15-11-12-20(30-2)21(13-15)31-3)24-25(18)22(26)9-6-10-23(27)28/h4-5,7-8,11-13,18H,6,9-10,14H2,1-3H3,(H,27,28)/t18-/m0/s1. The van der Waals surface area contributed by atoms with Gasteiger partial charge in [-0.3, -0.25) is 9.59 Å². The number of carbonyl (C=O) groups excluding carboxylic acids is 1. The molecule has 1 heterocycles. The van der Waals surface area contributed by atoms with E-state index >= 15 is 0 Å². The lowest BCUT2D eigenvalue weighted by Gasteiger charge is -2.23. The Labute approximate surface area is 181 Å². The quantitative estimate of drug-likeness (QED) is 0.657. The summed E-state index contributed by atoms with van der Waals surface area (Å²) in [6, 6.07) is 12.7. The first kappa shape index (κ1) is 22.1. The molecule has 2 aromatic carbocycles. The molecule has 1 aliphatic heterocycles. The highest BCUT2D eigenvalue weighted by molar-refractivity contribution is 6.03. The molecule has 1 amide bonds. The van der Waals surface area contributed by atoms with E-state index in [2.05, 4.69) is 5.10 Å². The van der Waals surface area contributed by atoms with Crippen LogP contribution in [0.25, 0.3) is 0 Å². The Morgan fingerprint density at radius 1 is 1.00 bits per heavy atom. The minimum Gasteiger partial charge on any atom is -0.496 e. The Balaban J connectivity index is 1.94. The van der Waals surface area contributed by atoms with Gasteiger partial charge in [-0.1, -0.05) is 18.2 Å². The lowest BCUT2D eigenvalue weighted by Crippen LogP contribution is -2.27. The fourth-order valence-corrected chi connectivity index (χ4v) is 3.62. The second-order valence-corrected chi connectivity index (χ2v) is 7.06. The molecule has 1 aliphatic rings. The van der Waals surface area contributed by atoms with Crippen molar-refractivity contribution in [3.8, 4) is 17.2 Å². The van der Waals surface area contributed by atoms with E-state index in [1.807, 2.05) is 36.4 Å². The molecule has 1 N–H and O–H groups in total. The average molecular weight is 426 g/mol. The second-order valence-electron chi connectivity index (χ2n) is 7.06. The van der Waals surface area contributed by atoms with Gasteiger partial charge in [0.25, 0.3) is 0 Å². The van der Waals surface area contributed by atoms with Gasteiger partial charge in [-0.25, -0.2) is 5.01 Å². The van der Waals surface area contributed by atoms with E-state index in [-0.39, 0.29) is 31.2 Å². The minimum atomic E-state index is -0.926. The number of hydrogen-bond acceptors (Lipinski definition) is 6. The maximum Gasteiger partial charge on any atom is 0.303 e. The van der Waals surface area contributed by atoms with E-state index in [4.69, 9.17) is 19.3 Å². The van der Waals surface area contributed by atoms with E-state index in [1.54, 1.807) is 27.4 Å². The number of rotatable bonds is 9. The highest BCUT2D eigenvalue weighted by Gasteiger charge is 2.34. The van der Waals surface area contributed by atoms with Gasteiger partial charge >= 0.3 is 5.97 Å². The molecule has 0 radical (unpaired) electrons. The normalized spacial score (nSPS) is 15.4. The van der Waals surface area contributed by atoms with Gasteiger partial charge < -0.3 is 19.3 Å². The number of carbonyl (C=O) groups is 2. The van der Waals surface area contributed by atoms with Gasteiger partial charge in [0.1, 0.15) is 5.75 Å². The third-order valence-corrected chi connectivity index (χ3v) is 5.16. The molecule has 31 heavy (non-hydrogen) atoms. The number of carboxylic acids is 1. The summed E-state index contributed by atoms with van der Waals surface area (Å²) in [4.78, 5) is 23.8. The molecule has 2 aromatic rings. The Bertz CT molecular complexity index is 988. The molecule has 0 spiro atoms. The molecule has 0 unspecified atom stereocenters. The zero-order chi connectivity index (χ0) is 22.4. The lowest BCUT2D eigenvalue weighted by molar-refractivity contribution is -0.137. The number of carboxylic acid groups (broad SMARTS) is 1. The SMILES string of the molecule is COc1ccc(C2=NN(C(=O)CCCC(=O)O)[C@H](c3ccccc3OC)C2)cc1OC. The highest BCUT2D eigenvalue weighted by Crippen LogP contribution is 2.39. The van der Waals surface area contributed by atoms with Crippen LogP contribution in [0.15, 0.2) is 47.6 Å². The number of nitrogens with zero attached hydrogens (tertiary/aromatic N) is 2. The summed E-state index contributed by atoms with van der Waals surface area (Å²) >= 11 is 0. The summed E-state index contributed by atoms with van der Waals surface area (Å²) in [5.74, 6) is 0.688. The van der Waals surface area contributed by atoms with Crippen molar-refractivity contribution in [1.29, 1.82) is 0 Å². The first-order valence-electron chi connectivity index (χ1n) is 9.95. The minimum absolute atomic E-state index is 0.0643. The third kappa shape index (κ3) is 4.96. The summed E-state index contributed by atoms with van der Waals surface area (Å²) in [5, 5.41) is 15.0. The fraction of sp³-hybridized carbons (Fsp3) is 0.348. The molecule has 0 fully saturated rings. The smallest absolute Gasteiger partial charge is 0.303 e. The van der Waals surface area contributed by atoms with Crippen LogP contribution >= 0.6 is 0 Å². The predicted octanol–water partition coefficient (Wildman–Crippen LogP) is 3.65. The van der Waals surface area contributed by atoms with Crippen LogP contribution in [0, 0.1) is 0 Å². The zero-order valence-electron chi connectivity index (χ0n) is 17.8. The van der Waals surface area contributed by atoms with Crippen LogP contribution in [-0.2, 0) is 9.59 Å². The van der Waals surface area contributed by atoms with E-state index in [0.717, 1.165) is 16.8 Å². The van der Waals surface area contributed by atoms with Crippen molar-refractivity contribution in [2.24, 2.45) is 5.10 Å². The largest absolute Gasteiger partial charge is 0.496 e. The van der Waals surface area contributed by atoms with Crippen molar-refractivity contribution in [2.75, 3.05) is 21.3 Å². The maximum atomic E-state index is 13.0. The first-order valence-corrected chi connectivity index (χ1v) is 9.95. The molecular weight excluding hydrogens is 400 g/mol. The van der Waals surface area contributed by atoms with Crippen molar-refractivity contribution in [2.45, 2.75) is 31.7 Å². The Morgan fingerprint density at radius 3 is 2.39 bits per heavy atom. The summed E-state index contributed by atoms with van der Waals surface area (Å²) < 4.78 is 16.2. The molecule has 0 saturated carbocycles. The van der Waals surface area contributed by atoms with E-state index in [1.165, 1.54) is 5.01 Å². The van der Waals surface area contributed by atoms with Gasteiger partial charge in [0.2, 0.25) is 5.91 Å². The molecule has 1 atom stereocenters. The van der Waals surface area contributed by atoms with Gasteiger partial charge in [-0.2, -0.15) is 5.10 Å². The summed E-state index contributed by atoms with van der Waals surface area (Å²) in [5.41, 5.74) is 2.39. The van der Waals surface area contributed by atoms with E-state index in [9.17, 15) is 9.59 Å². The molecular formula is C23H26N2O6. The number of aliphatic carboxylic acids is 1. The van der Waals surface area contributed by atoms with E-state index < -0.39 is 5.97 Å². The summed E-state index contributed by atoms with van der Waals surface area (Å²) in [7, 11) is 4.72. The van der Waals surface area contributed by atoms with Crippen LogP contribution in [0.5, 0.6) is 17.2 Å². The van der Waals surface area contributed by atoms with Gasteiger partial charge in [0, 0.05) is 30.4 Å². The molecule has 0 saturated heterocycles. The maximum absolute atomic E-state index is 13.0. The van der Waals surface area contributed by atoms with Crippen molar-refractivity contribution in [3.63, 3.8) is 0 Å². The van der Waals surface area contributed by atoms with Crippen molar-refractivity contribution >= 4 is 17.6 Å². The lowest BCUT2D eigenvalue weighted by atomic mass is 9.97. The molecule has 0 aliphatic carbocycles. The van der Waals surface area contributed by atoms with Crippen LogP contribution in [0.3, 0.4) is 0 Å². The van der Waals surface area contributed by atoms with Crippen LogP contribution in [0.4, 0.5) is 0 Å². The van der Waals surface area contributed by atoms with Gasteiger partial charge in [-0.15, -0.1) is 0 Å². The van der Waals surface area contributed by atoms with Gasteiger partial charge in [0.05, 0.1) is 33.1 Å². The monoisotopic (exact) mass is 426 g/mol. The number of methoxy groups -OCH3 is 3. The van der Waals surface area contributed by atoms with Gasteiger partial charge in [-0.05, 0) is 30.7 Å². The molecule has 3 rings (SSSR count). The molecule has 0 bridgehead atoms. The predicted molar refractivity (Wildman–Crippen MR) is 115 cm³/mol. The van der Waals surface area contributed by atoms with Crippen LogP contribution in [0.1, 0.15) is 42.9 Å². The number of benzene rings is 2. The Hall–Kier alpha value is -3.55. The van der Waals surface area contributed by atoms with Crippen LogP contribution in [-0.4, -0.2) is 49.0 Å². The Kier molecular flexibility index (Phi) is 7.12. The third-order valence-electron chi connectivity index (χ3n) is 5.16. The first-order chi connectivity index (χ1) is 15.0. The average Bonchev–Trinajstić information content (AvgIpc) is 3.23. The molecule has 0 aromatic heterocycles.